The van der Waals surface area contributed by atoms with Crippen molar-refractivity contribution in [3.63, 3.8) is 0 Å². The number of ether oxygens (including phenoxy) is 3. The Hall–Kier alpha value is -3.20. The molecule has 0 aliphatic carbocycles. The van der Waals surface area contributed by atoms with Crippen LogP contribution in [-0.4, -0.2) is 32.1 Å². The van der Waals surface area contributed by atoms with Crippen molar-refractivity contribution < 1.29 is 19.0 Å². The molecule has 0 spiro atoms. The summed E-state index contributed by atoms with van der Waals surface area (Å²) >= 11 is 0. The normalized spacial score (nSPS) is 15.5. The first-order valence-electron chi connectivity index (χ1n) is 7.73. The highest BCUT2D eigenvalue weighted by Crippen LogP contribution is 2.43. The first-order chi connectivity index (χ1) is 12.1. The molecule has 1 heterocycles. The van der Waals surface area contributed by atoms with Crippen LogP contribution in [0.15, 0.2) is 36.4 Å². The van der Waals surface area contributed by atoms with Crippen LogP contribution >= 0.6 is 0 Å². The Morgan fingerprint density at radius 3 is 2.44 bits per heavy atom. The Bertz CT molecular complexity index is 857. The van der Waals surface area contributed by atoms with Crippen LogP contribution < -0.4 is 14.2 Å². The van der Waals surface area contributed by atoms with E-state index in [1.165, 1.54) is 19.1 Å². The van der Waals surface area contributed by atoms with Gasteiger partial charge in [0.2, 0.25) is 0 Å². The van der Waals surface area contributed by atoms with Crippen LogP contribution in [0, 0.1) is 11.3 Å². The van der Waals surface area contributed by atoms with Crippen molar-refractivity contribution in [3.8, 4) is 23.3 Å². The summed E-state index contributed by atoms with van der Waals surface area (Å²) in [4.78, 5) is 14.4. The molecule has 1 amide bonds. The summed E-state index contributed by atoms with van der Waals surface area (Å²) < 4.78 is 16.0. The van der Waals surface area contributed by atoms with E-state index < -0.39 is 6.04 Å². The van der Waals surface area contributed by atoms with Gasteiger partial charge in [-0.2, -0.15) is 5.26 Å². The highest BCUT2D eigenvalue weighted by Gasteiger charge is 2.40. The smallest absolute Gasteiger partial charge is 0.256 e. The van der Waals surface area contributed by atoms with Crippen LogP contribution in [0.25, 0.3) is 0 Å². The van der Waals surface area contributed by atoms with Gasteiger partial charge in [0, 0.05) is 17.2 Å². The molecule has 25 heavy (non-hydrogen) atoms. The second kappa shape index (κ2) is 6.73. The third kappa shape index (κ3) is 2.74. The van der Waals surface area contributed by atoms with Gasteiger partial charge in [0.05, 0.1) is 39.5 Å². The second-order valence-corrected chi connectivity index (χ2v) is 5.57. The maximum absolute atomic E-state index is 12.9. The zero-order valence-corrected chi connectivity index (χ0v) is 14.3. The molecule has 128 valence electrons. The van der Waals surface area contributed by atoms with E-state index in [0.717, 1.165) is 5.56 Å². The summed E-state index contributed by atoms with van der Waals surface area (Å²) in [5, 5.41) is 9.69. The molecule has 1 atom stereocenters. The van der Waals surface area contributed by atoms with E-state index in [0.29, 0.717) is 28.4 Å². The molecule has 0 saturated carbocycles. The topological polar surface area (TPSA) is 71.8 Å². The predicted molar refractivity (Wildman–Crippen MR) is 90.8 cm³/mol. The van der Waals surface area contributed by atoms with E-state index in [2.05, 4.69) is 6.07 Å². The van der Waals surface area contributed by atoms with Gasteiger partial charge in [-0.05, 0) is 12.1 Å². The highest BCUT2D eigenvalue weighted by atomic mass is 16.5. The van der Waals surface area contributed by atoms with Crippen molar-refractivity contribution in [3.05, 3.63) is 53.1 Å². The van der Waals surface area contributed by atoms with E-state index in [1.54, 1.807) is 19.2 Å². The second-order valence-electron chi connectivity index (χ2n) is 5.57. The molecule has 0 radical (unpaired) electrons. The third-order valence-electron chi connectivity index (χ3n) is 4.30. The van der Waals surface area contributed by atoms with Gasteiger partial charge < -0.3 is 19.1 Å². The number of benzene rings is 2. The lowest BCUT2D eigenvalue weighted by atomic mass is 10.0. The van der Waals surface area contributed by atoms with E-state index in [1.807, 2.05) is 24.3 Å². The van der Waals surface area contributed by atoms with Crippen LogP contribution in [0.3, 0.4) is 0 Å². The van der Waals surface area contributed by atoms with Gasteiger partial charge in [0.1, 0.15) is 23.3 Å². The van der Waals surface area contributed by atoms with Crippen molar-refractivity contribution in [2.45, 2.75) is 12.6 Å². The summed E-state index contributed by atoms with van der Waals surface area (Å²) in [5.41, 5.74) is 1.83. The number of rotatable bonds is 5. The van der Waals surface area contributed by atoms with Crippen LogP contribution in [0.4, 0.5) is 0 Å². The fourth-order valence-corrected chi connectivity index (χ4v) is 3.09. The Morgan fingerprint density at radius 1 is 1.08 bits per heavy atom. The molecule has 1 aliphatic heterocycles. The monoisotopic (exact) mass is 338 g/mol. The van der Waals surface area contributed by atoms with Crippen molar-refractivity contribution >= 4 is 5.91 Å². The summed E-state index contributed by atoms with van der Waals surface area (Å²) in [5.74, 6) is 1.42. The number of hydrogen-bond donors (Lipinski definition) is 0. The van der Waals surface area contributed by atoms with Crippen molar-refractivity contribution in [1.82, 2.24) is 4.90 Å². The molecule has 0 fully saturated rings. The molecule has 1 unspecified atom stereocenters. The lowest BCUT2D eigenvalue weighted by Crippen LogP contribution is -2.27. The number of carbonyl (C=O) groups excluding carboxylic acids is 1. The van der Waals surface area contributed by atoms with Crippen molar-refractivity contribution in [2.24, 2.45) is 0 Å². The van der Waals surface area contributed by atoms with Crippen LogP contribution in [0.5, 0.6) is 17.2 Å². The van der Waals surface area contributed by atoms with Crippen LogP contribution in [0.2, 0.25) is 0 Å². The van der Waals surface area contributed by atoms with Gasteiger partial charge in [-0.15, -0.1) is 0 Å². The molecular formula is C19H18N2O4. The summed E-state index contributed by atoms with van der Waals surface area (Å²) in [6, 6.07) is 12.2. The minimum atomic E-state index is -0.728. The molecule has 2 aromatic carbocycles. The van der Waals surface area contributed by atoms with Crippen molar-refractivity contribution in [1.29, 1.82) is 5.26 Å². The molecule has 1 aliphatic rings. The largest absolute Gasteiger partial charge is 0.497 e. The molecule has 0 N–H and O–H groups in total. The number of amides is 1. The minimum Gasteiger partial charge on any atom is -0.497 e. The SMILES string of the molecule is COc1cc(OC)c2c(c1)C(=O)N(Cc1ccccc1OC)C2C#N. The van der Waals surface area contributed by atoms with Gasteiger partial charge in [-0.3, -0.25) is 4.79 Å². The lowest BCUT2D eigenvalue weighted by Gasteiger charge is -2.21. The zero-order valence-electron chi connectivity index (χ0n) is 14.3. The average molecular weight is 338 g/mol. The van der Waals surface area contributed by atoms with Crippen molar-refractivity contribution in [2.75, 3.05) is 21.3 Å². The predicted octanol–water partition coefficient (Wildman–Crippen LogP) is 2.93. The number of para-hydroxylation sites is 1. The summed E-state index contributed by atoms with van der Waals surface area (Å²) in [6.07, 6.45) is 0. The molecule has 0 bridgehead atoms. The Kier molecular flexibility index (Phi) is 4.48. The standard InChI is InChI=1S/C19H18N2O4/c1-23-13-8-14-18(17(9-13)25-3)15(10-20)21(19(14)22)11-12-6-4-5-7-16(12)24-2/h4-9,15H,11H2,1-3H3. The minimum absolute atomic E-state index is 0.232. The maximum Gasteiger partial charge on any atom is 0.256 e. The maximum atomic E-state index is 12.9. The first kappa shape index (κ1) is 16.7. The third-order valence-corrected chi connectivity index (χ3v) is 4.30. The molecular weight excluding hydrogens is 320 g/mol. The van der Waals surface area contributed by atoms with E-state index in [9.17, 15) is 10.1 Å². The van der Waals surface area contributed by atoms with Gasteiger partial charge in [0.15, 0.2) is 0 Å². The molecule has 6 heteroatoms. The summed E-state index contributed by atoms with van der Waals surface area (Å²) in [6.45, 7) is 0.265. The molecule has 6 nitrogen and oxygen atoms in total. The molecule has 0 saturated heterocycles. The fraction of sp³-hybridized carbons (Fsp3) is 0.263. The van der Waals surface area contributed by atoms with Gasteiger partial charge in [-0.25, -0.2) is 0 Å². The van der Waals surface area contributed by atoms with Crippen LogP contribution in [-0.2, 0) is 6.54 Å². The highest BCUT2D eigenvalue weighted by molar-refractivity contribution is 6.01. The Balaban J connectivity index is 2.05. The van der Waals surface area contributed by atoms with E-state index in [4.69, 9.17) is 14.2 Å². The molecule has 0 aromatic heterocycles. The van der Waals surface area contributed by atoms with Gasteiger partial charge >= 0.3 is 0 Å². The lowest BCUT2D eigenvalue weighted by molar-refractivity contribution is 0.0742. The van der Waals surface area contributed by atoms with E-state index >= 15 is 0 Å². The first-order valence-corrected chi connectivity index (χ1v) is 7.73. The Labute approximate surface area is 146 Å². The number of methoxy groups -OCH3 is 3. The van der Waals surface area contributed by atoms with Crippen LogP contribution in [0.1, 0.15) is 27.5 Å². The number of hydrogen-bond acceptors (Lipinski definition) is 5. The average Bonchev–Trinajstić information content (AvgIpc) is 2.93. The molecule has 3 rings (SSSR count). The number of fused-ring (bicyclic) bond motifs is 1. The van der Waals surface area contributed by atoms with Gasteiger partial charge in [-0.1, -0.05) is 18.2 Å². The van der Waals surface area contributed by atoms with Gasteiger partial charge in [0.25, 0.3) is 5.91 Å². The van der Waals surface area contributed by atoms with E-state index in [-0.39, 0.29) is 12.5 Å². The summed E-state index contributed by atoms with van der Waals surface area (Å²) in [7, 11) is 4.61. The fourth-order valence-electron chi connectivity index (χ4n) is 3.09. The molecule has 2 aromatic rings. The number of carbonyl (C=O) groups is 1. The Morgan fingerprint density at radius 2 is 1.80 bits per heavy atom. The zero-order chi connectivity index (χ0) is 18.0. The number of nitriles is 1. The quantitative estimate of drug-likeness (QED) is 0.838. The number of nitrogens with zero attached hydrogens (tertiary/aromatic N) is 2.